The van der Waals surface area contributed by atoms with E-state index >= 15 is 0 Å². The van der Waals surface area contributed by atoms with Crippen molar-refractivity contribution >= 4 is 11.9 Å². The molecule has 1 aromatic rings. The summed E-state index contributed by atoms with van der Waals surface area (Å²) in [6.45, 7) is 3.91. The summed E-state index contributed by atoms with van der Waals surface area (Å²) in [6, 6.07) is 7.82. The van der Waals surface area contributed by atoms with Gasteiger partial charge in [-0.25, -0.2) is 4.99 Å². The van der Waals surface area contributed by atoms with Crippen LogP contribution in [-0.2, 0) is 21.5 Å². The maximum atomic E-state index is 13.8. The summed E-state index contributed by atoms with van der Waals surface area (Å²) >= 11 is 0. The first-order chi connectivity index (χ1) is 12.9. The Kier molecular flexibility index (Phi) is 4.04. The summed E-state index contributed by atoms with van der Waals surface area (Å²) in [5.41, 5.74) is 7.48. The van der Waals surface area contributed by atoms with Gasteiger partial charge in [-0.2, -0.15) is 5.26 Å². The minimum Gasteiger partial charge on any atom is -0.381 e. The number of nitrogens with zero attached hydrogens (tertiary/aromatic N) is 3. The van der Waals surface area contributed by atoms with Crippen molar-refractivity contribution in [1.82, 2.24) is 4.90 Å². The van der Waals surface area contributed by atoms with Crippen molar-refractivity contribution in [2.45, 2.75) is 63.6 Å². The topological polar surface area (TPSA) is 91.7 Å². The van der Waals surface area contributed by atoms with Gasteiger partial charge in [-0.15, -0.1) is 0 Å². The predicted molar refractivity (Wildman–Crippen MR) is 102 cm³/mol. The predicted octanol–water partition coefficient (Wildman–Crippen LogP) is 2.45. The number of nitriles is 1. The lowest BCUT2D eigenvalue weighted by atomic mass is 9.61. The Morgan fingerprint density at radius 1 is 1.37 bits per heavy atom. The lowest BCUT2D eigenvalue weighted by Gasteiger charge is -2.45. The first kappa shape index (κ1) is 18.0. The SMILES string of the molecule is COC1CCC2(CC1)Cc1ccc(C#N)cc1C21N=C(N)N(C(C)C)C1=O. The van der Waals surface area contributed by atoms with Crippen LogP contribution in [0.3, 0.4) is 0 Å². The van der Waals surface area contributed by atoms with Gasteiger partial charge in [-0.05, 0) is 69.2 Å². The molecule has 2 spiro atoms. The second-order valence-electron chi connectivity index (χ2n) is 8.33. The number of hydrogen-bond acceptors (Lipinski definition) is 5. The molecule has 2 aliphatic carbocycles. The molecule has 1 atom stereocenters. The minimum atomic E-state index is -1.01. The third-order valence-electron chi connectivity index (χ3n) is 6.72. The molecule has 2 N–H and O–H groups in total. The monoisotopic (exact) mass is 366 g/mol. The van der Waals surface area contributed by atoms with E-state index in [2.05, 4.69) is 6.07 Å². The Morgan fingerprint density at radius 2 is 2.07 bits per heavy atom. The van der Waals surface area contributed by atoms with Crippen LogP contribution >= 0.6 is 0 Å². The fourth-order valence-electron chi connectivity index (χ4n) is 5.41. The Labute approximate surface area is 160 Å². The average Bonchev–Trinajstić information content (AvgIpc) is 3.08. The lowest BCUT2D eigenvalue weighted by Crippen LogP contribution is -2.53. The number of carbonyl (C=O) groups is 1. The van der Waals surface area contributed by atoms with Crippen molar-refractivity contribution in [1.29, 1.82) is 5.26 Å². The van der Waals surface area contributed by atoms with Gasteiger partial charge in [0.25, 0.3) is 5.91 Å². The maximum absolute atomic E-state index is 13.8. The van der Waals surface area contributed by atoms with Crippen molar-refractivity contribution in [3.8, 4) is 6.07 Å². The molecule has 3 aliphatic rings. The number of aliphatic imine (C=N–C) groups is 1. The number of ether oxygens (including phenoxy) is 1. The highest BCUT2D eigenvalue weighted by molar-refractivity contribution is 6.08. The van der Waals surface area contributed by atoms with E-state index in [1.165, 1.54) is 0 Å². The van der Waals surface area contributed by atoms with E-state index in [1.807, 2.05) is 32.0 Å². The van der Waals surface area contributed by atoms with E-state index in [0.29, 0.717) is 11.5 Å². The van der Waals surface area contributed by atoms with Gasteiger partial charge in [-0.1, -0.05) is 6.07 Å². The summed E-state index contributed by atoms with van der Waals surface area (Å²) < 4.78 is 5.57. The first-order valence-electron chi connectivity index (χ1n) is 9.64. The summed E-state index contributed by atoms with van der Waals surface area (Å²) in [5.74, 6) is 0.248. The summed E-state index contributed by atoms with van der Waals surface area (Å²) in [6.07, 6.45) is 4.54. The molecule has 1 unspecified atom stereocenters. The highest BCUT2D eigenvalue weighted by atomic mass is 16.5. The molecule has 27 heavy (non-hydrogen) atoms. The van der Waals surface area contributed by atoms with Crippen molar-refractivity contribution in [2.75, 3.05) is 7.11 Å². The van der Waals surface area contributed by atoms with Crippen molar-refractivity contribution in [3.05, 3.63) is 34.9 Å². The molecule has 0 radical (unpaired) electrons. The van der Waals surface area contributed by atoms with Crippen LogP contribution in [0.25, 0.3) is 0 Å². The second kappa shape index (κ2) is 6.07. The normalized spacial score (nSPS) is 32.3. The zero-order valence-corrected chi connectivity index (χ0v) is 16.2. The van der Waals surface area contributed by atoms with Crippen LogP contribution in [0.5, 0.6) is 0 Å². The largest absolute Gasteiger partial charge is 0.381 e. The Morgan fingerprint density at radius 3 is 2.63 bits per heavy atom. The van der Waals surface area contributed by atoms with Crippen LogP contribution in [0.4, 0.5) is 0 Å². The van der Waals surface area contributed by atoms with E-state index < -0.39 is 5.54 Å². The molecule has 1 saturated carbocycles. The number of carbonyl (C=O) groups excluding carboxylic acids is 1. The van der Waals surface area contributed by atoms with Gasteiger partial charge in [0.15, 0.2) is 11.5 Å². The molecule has 6 heteroatoms. The van der Waals surface area contributed by atoms with Crippen molar-refractivity contribution < 1.29 is 9.53 Å². The van der Waals surface area contributed by atoms with E-state index in [4.69, 9.17) is 15.5 Å². The van der Waals surface area contributed by atoms with E-state index in [0.717, 1.165) is 43.2 Å². The van der Waals surface area contributed by atoms with Crippen LogP contribution in [0, 0.1) is 16.7 Å². The highest BCUT2D eigenvalue weighted by Gasteiger charge is 2.66. The van der Waals surface area contributed by atoms with Gasteiger partial charge < -0.3 is 10.5 Å². The summed E-state index contributed by atoms with van der Waals surface area (Å²) in [7, 11) is 1.75. The molecule has 1 amide bonds. The smallest absolute Gasteiger partial charge is 0.262 e. The number of nitrogens with two attached hydrogens (primary N) is 1. The van der Waals surface area contributed by atoms with Crippen LogP contribution in [0.1, 0.15) is 56.2 Å². The van der Waals surface area contributed by atoms with E-state index in [-0.39, 0.29) is 23.5 Å². The number of methoxy groups -OCH3 is 1. The van der Waals surface area contributed by atoms with Crippen LogP contribution in [0.2, 0.25) is 0 Å². The molecule has 1 fully saturated rings. The molecule has 4 rings (SSSR count). The fraction of sp³-hybridized carbons (Fsp3) is 0.571. The van der Waals surface area contributed by atoms with Crippen LogP contribution in [0.15, 0.2) is 23.2 Å². The Bertz CT molecular complexity index is 861. The molecule has 142 valence electrons. The molecule has 1 heterocycles. The van der Waals surface area contributed by atoms with Gasteiger partial charge in [0.1, 0.15) is 0 Å². The molecular weight excluding hydrogens is 340 g/mol. The number of amides is 1. The first-order valence-corrected chi connectivity index (χ1v) is 9.64. The number of rotatable bonds is 2. The van der Waals surface area contributed by atoms with Gasteiger partial charge in [0.2, 0.25) is 0 Å². The Hall–Kier alpha value is -2.39. The summed E-state index contributed by atoms with van der Waals surface area (Å²) in [5, 5.41) is 9.40. The maximum Gasteiger partial charge on any atom is 0.262 e. The van der Waals surface area contributed by atoms with E-state index in [9.17, 15) is 10.1 Å². The minimum absolute atomic E-state index is 0.0419. The number of guanidine groups is 1. The standard InChI is InChI=1S/C21H26N4O2/c1-13(2)25-18(26)21(24-19(25)23)17-10-14(12-22)4-5-15(17)11-20(21)8-6-16(27-3)7-9-20/h4-5,10,13,16H,6-9,11H2,1-3H3,(H2,23,24). The number of hydrogen-bond donors (Lipinski definition) is 1. The quantitative estimate of drug-likeness (QED) is 0.870. The van der Waals surface area contributed by atoms with Crippen LogP contribution in [-0.4, -0.2) is 36.0 Å². The molecular formula is C21H26N4O2. The zero-order chi connectivity index (χ0) is 19.4. The van der Waals surface area contributed by atoms with E-state index in [1.54, 1.807) is 12.0 Å². The molecule has 6 nitrogen and oxygen atoms in total. The summed E-state index contributed by atoms with van der Waals surface area (Å²) in [4.78, 5) is 20.3. The van der Waals surface area contributed by atoms with Gasteiger partial charge >= 0.3 is 0 Å². The highest BCUT2D eigenvalue weighted by Crippen LogP contribution is 2.62. The zero-order valence-electron chi connectivity index (χ0n) is 16.2. The Balaban J connectivity index is 1.90. The number of benzene rings is 1. The molecule has 0 bridgehead atoms. The second-order valence-corrected chi connectivity index (χ2v) is 8.33. The number of fused-ring (bicyclic) bond motifs is 3. The lowest BCUT2D eigenvalue weighted by molar-refractivity contribution is -0.139. The van der Waals surface area contributed by atoms with Gasteiger partial charge in [0, 0.05) is 18.6 Å². The third-order valence-corrected chi connectivity index (χ3v) is 6.72. The van der Waals surface area contributed by atoms with Gasteiger partial charge in [-0.3, -0.25) is 9.69 Å². The van der Waals surface area contributed by atoms with Gasteiger partial charge in [0.05, 0.1) is 17.7 Å². The molecule has 0 aromatic heterocycles. The molecule has 1 aliphatic heterocycles. The average molecular weight is 366 g/mol. The fourth-order valence-corrected chi connectivity index (χ4v) is 5.41. The third kappa shape index (κ3) is 2.28. The molecule has 1 aromatic carbocycles. The van der Waals surface area contributed by atoms with Crippen LogP contribution < -0.4 is 5.73 Å². The van der Waals surface area contributed by atoms with Crippen molar-refractivity contribution in [3.63, 3.8) is 0 Å². The van der Waals surface area contributed by atoms with Crippen molar-refractivity contribution in [2.24, 2.45) is 16.1 Å². The molecule has 0 saturated heterocycles.